The Morgan fingerprint density at radius 3 is 2.00 bits per heavy atom. The van der Waals surface area contributed by atoms with E-state index in [2.05, 4.69) is 25.9 Å². The van der Waals surface area contributed by atoms with Crippen LogP contribution in [-0.2, 0) is 35.2 Å². The van der Waals surface area contributed by atoms with Crippen LogP contribution in [0, 0.1) is 11.8 Å². The fourth-order valence-electron chi connectivity index (χ4n) is 7.74. The highest BCUT2D eigenvalue weighted by atomic mass is 16.4. The summed E-state index contributed by atoms with van der Waals surface area (Å²) >= 11 is 0. The van der Waals surface area contributed by atoms with Crippen molar-refractivity contribution in [3.05, 3.63) is 29.8 Å². The van der Waals surface area contributed by atoms with Crippen molar-refractivity contribution in [3.8, 4) is 5.75 Å². The number of phenolic OH excluding ortho intramolecular Hbond substituents is 1. The van der Waals surface area contributed by atoms with Crippen molar-refractivity contribution in [1.29, 1.82) is 0 Å². The molecule has 2 saturated heterocycles. The number of aromatic hydroxyl groups is 1. The first-order valence-corrected chi connectivity index (χ1v) is 20.7. The number of carbonyl (C=O) groups is 6. The maximum atomic E-state index is 14.8. The van der Waals surface area contributed by atoms with Crippen LogP contribution in [0.3, 0.4) is 0 Å². The number of rotatable bonds is 23. The van der Waals surface area contributed by atoms with Crippen molar-refractivity contribution in [3.63, 3.8) is 0 Å². The van der Waals surface area contributed by atoms with E-state index in [4.69, 9.17) is 28.7 Å². The monoisotopic (exact) mass is 843 g/mol. The number of aliphatic imine (C=N–C) groups is 2. The van der Waals surface area contributed by atoms with E-state index in [-0.39, 0.29) is 81.9 Å². The molecule has 0 bridgehead atoms. The molecule has 2 aliphatic rings. The van der Waals surface area contributed by atoms with E-state index in [0.717, 1.165) is 0 Å². The number of carbonyl (C=O) groups excluding carboxylic acids is 5. The Kier molecular flexibility index (Phi) is 18.4. The van der Waals surface area contributed by atoms with E-state index >= 15 is 0 Å². The van der Waals surface area contributed by atoms with Crippen LogP contribution in [0.4, 0.5) is 0 Å². The summed E-state index contributed by atoms with van der Waals surface area (Å²) in [5.41, 5.74) is 27.3. The average Bonchev–Trinajstić information content (AvgIpc) is 3.77. The molecule has 20 nitrogen and oxygen atoms in total. The zero-order chi connectivity index (χ0) is 44.7. The average molecular weight is 843 g/mol. The molecule has 3 rings (SSSR count). The summed E-state index contributed by atoms with van der Waals surface area (Å²) in [6, 6.07) is 0.656. The maximum Gasteiger partial charge on any atom is 0.326 e. The molecule has 0 aliphatic carbocycles. The Labute approximate surface area is 351 Å². The fraction of sp³-hybridized carbons (Fsp3) is 0.650. The highest BCUT2D eigenvalue weighted by Gasteiger charge is 2.57. The second kappa shape index (κ2) is 22.6. The van der Waals surface area contributed by atoms with Crippen LogP contribution in [0.1, 0.15) is 91.0 Å². The number of nitrogens with one attached hydrogen (secondary N) is 3. The predicted octanol–water partition coefficient (Wildman–Crippen LogP) is -1.04. The molecule has 7 atom stereocenters. The molecule has 2 aliphatic heterocycles. The van der Waals surface area contributed by atoms with E-state index in [1.54, 1.807) is 19.1 Å². The predicted molar refractivity (Wildman–Crippen MR) is 226 cm³/mol. The van der Waals surface area contributed by atoms with E-state index in [1.807, 2.05) is 20.8 Å². The van der Waals surface area contributed by atoms with Crippen LogP contribution in [0.2, 0.25) is 0 Å². The third-order valence-corrected chi connectivity index (χ3v) is 11.2. The molecule has 5 amide bonds. The van der Waals surface area contributed by atoms with Crippen molar-refractivity contribution in [2.75, 3.05) is 26.2 Å². The summed E-state index contributed by atoms with van der Waals surface area (Å²) in [5.74, 6) is -4.67. The number of amides is 5. The minimum Gasteiger partial charge on any atom is -0.508 e. The van der Waals surface area contributed by atoms with Gasteiger partial charge in [-0.2, -0.15) is 0 Å². The molecule has 0 radical (unpaired) electrons. The van der Waals surface area contributed by atoms with E-state index < -0.39 is 77.2 Å². The Hall–Kier alpha value is -5.66. The SMILES string of the molecule is CC[C@H](C)[C@H](NC(=O)[C@@H](Cc1ccc(O)cc1)N1CC[C@]2(CCCN2C(=O)[C@H](CCCN=C(N)N)NC(=O)[C@@H](N)CCCN=C(N)N)C1=O)C(=O)N[C@@H](CC(C)C)C(=O)O. The molecular weight excluding hydrogens is 777 g/mol. The highest BCUT2D eigenvalue weighted by Crippen LogP contribution is 2.40. The van der Waals surface area contributed by atoms with Crippen molar-refractivity contribution >= 4 is 47.4 Å². The first-order chi connectivity index (χ1) is 28.3. The summed E-state index contributed by atoms with van der Waals surface area (Å²) in [7, 11) is 0. The third-order valence-electron chi connectivity index (χ3n) is 11.2. The topological polar surface area (TPSA) is 340 Å². The van der Waals surface area contributed by atoms with Gasteiger partial charge in [0.1, 0.15) is 35.5 Å². The number of benzene rings is 1. The second-order valence-corrected chi connectivity index (χ2v) is 16.2. The van der Waals surface area contributed by atoms with Gasteiger partial charge in [0.05, 0.1) is 6.04 Å². The highest BCUT2D eigenvalue weighted by molar-refractivity contribution is 6.00. The number of hydrogen-bond donors (Lipinski definition) is 10. The molecule has 0 aromatic heterocycles. The van der Waals surface area contributed by atoms with Crippen LogP contribution in [0.15, 0.2) is 34.3 Å². The maximum absolute atomic E-state index is 14.8. The Bertz CT molecular complexity index is 1720. The van der Waals surface area contributed by atoms with Gasteiger partial charge in [-0.15, -0.1) is 0 Å². The molecule has 20 heteroatoms. The van der Waals surface area contributed by atoms with Crippen LogP contribution in [-0.4, -0.2) is 129 Å². The smallest absolute Gasteiger partial charge is 0.326 e. The molecule has 1 aromatic rings. The van der Waals surface area contributed by atoms with E-state index in [1.165, 1.54) is 21.9 Å². The van der Waals surface area contributed by atoms with Gasteiger partial charge in [0, 0.05) is 32.6 Å². The number of nitrogens with zero attached hydrogens (tertiary/aromatic N) is 4. The van der Waals surface area contributed by atoms with Gasteiger partial charge in [-0.25, -0.2) is 4.79 Å². The van der Waals surface area contributed by atoms with Gasteiger partial charge < -0.3 is 64.6 Å². The number of likely N-dealkylation sites (tertiary alicyclic amines) is 2. The Morgan fingerprint density at radius 2 is 1.43 bits per heavy atom. The lowest BCUT2D eigenvalue weighted by Crippen LogP contribution is -2.61. The lowest BCUT2D eigenvalue weighted by Gasteiger charge is -2.37. The molecule has 2 fully saturated rings. The quantitative estimate of drug-likeness (QED) is 0.0358. The van der Waals surface area contributed by atoms with Gasteiger partial charge in [-0.3, -0.25) is 34.0 Å². The van der Waals surface area contributed by atoms with Gasteiger partial charge in [0.15, 0.2) is 11.9 Å². The minimum atomic E-state index is -1.32. The van der Waals surface area contributed by atoms with Crippen LogP contribution < -0.4 is 44.6 Å². The van der Waals surface area contributed by atoms with Gasteiger partial charge in [-0.1, -0.05) is 46.2 Å². The second-order valence-electron chi connectivity index (χ2n) is 16.2. The molecule has 334 valence electrons. The van der Waals surface area contributed by atoms with Crippen LogP contribution in [0.5, 0.6) is 5.75 Å². The fourth-order valence-corrected chi connectivity index (χ4v) is 7.74. The van der Waals surface area contributed by atoms with Gasteiger partial charge in [0.2, 0.25) is 29.5 Å². The number of hydrogen-bond acceptors (Lipinski definition) is 10. The summed E-state index contributed by atoms with van der Waals surface area (Å²) < 4.78 is 0. The summed E-state index contributed by atoms with van der Waals surface area (Å²) in [5, 5.41) is 28.0. The van der Waals surface area contributed by atoms with Crippen molar-refractivity contribution in [1.82, 2.24) is 25.8 Å². The summed E-state index contributed by atoms with van der Waals surface area (Å²) in [6.45, 7) is 8.04. The molecule has 15 N–H and O–H groups in total. The number of nitrogens with two attached hydrogens (primary N) is 5. The summed E-state index contributed by atoms with van der Waals surface area (Å²) in [4.78, 5) is 93.7. The number of aliphatic carboxylic acids is 1. The van der Waals surface area contributed by atoms with Gasteiger partial charge in [0.25, 0.3) is 0 Å². The molecule has 1 aromatic carbocycles. The number of guanidine groups is 2. The van der Waals surface area contributed by atoms with E-state index in [0.29, 0.717) is 37.7 Å². The first kappa shape index (κ1) is 48.7. The van der Waals surface area contributed by atoms with Gasteiger partial charge >= 0.3 is 5.97 Å². The molecule has 0 unspecified atom stereocenters. The minimum absolute atomic E-state index is 0.00537. The lowest BCUT2D eigenvalue weighted by atomic mass is 9.92. The first-order valence-electron chi connectivity index (χ1n) is 20.7. The zero-order valence-electron chi connectivity index (χ0n) is 35.3. The molecule has 60 heavy (non-hydrogen) atoms. The third kappa shape index (κ3) is 13.4. The number of carboxylic acids is 1. The molecule has 2 heterocycles. The Morgan fingerprint density at radius 1 is 0.833 bits per heavy atom. The van der Waals surface area contributed by atoms with Crippen molar-refractivity contribution in [2.24, 2.45) is 50.5 Å². The van der Waals surface area contributed by atoms with E-state index in [9.17, 15) is 39.0 Å². The standard InChI is InChI=1S/C40H66N12O8/c1-5-24(4)31(34(56)49-29(36(58)59)21-23(2)3)50-33(55)30(22-25-11-13-26(53)14-12-25)51-20-16-40(37(51)60)15-8-19-52(40)35(57)28(10-7-18-47-39(44)45)48-32(54)27(41)9-6-17-46-38(42)43/h11-14,23-24,27-31,53H,5-10,15-22,41H2,1-4H3,(H,48,54)(H,49,56)(H,50,55)(H,58,59)(H4,42,43,46)(H4,44,45,47)/t24-,27-,28-,29-,30+,31-,40+/m0/s1. The number of phenols is 1. The molecule has 1 spiro atoms. The van der Waals surface area contributed by atoms with Gasteiger partial charge in [-0.05, 0) is 80.9 Å². The summed E-state index contributed by atoms with van der Waals surface area (Å²) in [6.07, 6.45) is 2.75. The zero-order valence-corrected chi connectivity index (χ0v) is 35.3. The van der Waals surface area contributed by atoms with Crippen molar-refractivity contribution < 1.29 is 39.0 Å². The lowest BCUT2D eigenvalue weighted by molar-refractivity contribution is -0.151. The van der Waals surface area contributed by atoms with Crippen LogP contribution >= 0.6 is 0 Å². The van der Waals surface area contributed by atoms with Crippen molar-refractivity contribution in [2.45, 2.75) is 128 Å². The number of carboxylic acid groups (broad SMARTS) is 1. The largest absolute Gasteiger partial charge is 0.508 e. The normalized spacial score (nSPS) is 19.2. The molecular formula is C40H66N12O8. The van der Waals surface area contributed by atoms with Crippen LogP contribution in [0.25, 0.3) is 0 Å². The molecule has 0 saturated carbocycles. The Balaban J connectivity index is 1.94.